The molecule has 0 radical (unpaired) electrons. The normalized spacial score (nSPS) is 43.9. The number of carbonyl (C=O) groups is 3. The monoisotopic (exact) mass is 1210 g/mol. The molecule has 0 amide bonds. The Kier molecular flexibility index (Phi) is 18.0. The molecule has 85 heavy (non-hydrogen) atoms. The highest BCUT2D eigenvalue weighted by atomic mass is 33.1. The van der Waals surface area contributed by atoms with Gasteiger partial charge in [0.05, 0.1) is 47.7 Å². The third kappa shape index (κ3) is 10.9. The van der Waals surface area contributed by atoms with E-state index in [-0.39, 0.29) is 129 Å². The molecule has 17 nitrogen and oxygen atoms in total. The third-order valence-electron chi connectivity index (χ3n) is 23.3. The van der Waals surface area contributed by atoms with Crippen LogP contribution in [0.15, 0.2) is 70.6 Å². The molecule has 4 saturated carbocycles. The van der Waals surface area contributed by atoms with Crippen molar-refractivity contribution in [3.63, 3.8) is 0 Å². The second-order valence-corrected chi connectivity index (χ2v) is 30.3. The topological polar surface area (TPSA) is 315 Å². The number of aliphatic imine (C=N–C) groups is 1. The van der Waals surface area contributed by atoms with Gasteiger partial charge in [0.2, 0.25) is 0 Å². The van der Waals surface area contributed by atoms with Crippen LogP contribution in [0.25, 0.3) is 0 Å². The van der Waals surface area contributed by atoms with Gasteiger partial charge in [-0.15, -0.1) is 5.92 Å². The number of aromatic amines is 1. The number of esters is 1. The van der Waals surface area contributed by atoms with Crippen molar-refractivity contribution >= 4 is 45.1 Å². The number of carbonyl (C=O) groups excluding carboxylic acids is 3. The van der Waals surface area contributed by atoms with Crippen LogP contribution in [0.1, 0.15) is 141 Å². The van der Waals surface area contributed by atoms with Gasteiger partial charge in [-0.05, 0) is 166 Å². The smallest absolute Gasteiger partial charge is 0.314 e. The minimum absolute atomic E-state index is 0.00718. The first kappa shape index (κ1) is 62.3. The molecule has 14 N–H and O–H groups in total. The minimum Gasteiger partial charge on any atom is -0.508 e. The second kappa shape index (κ2) is 24.5. The van der Waals surface area contributed by atoms with Crippen molar-refractivity contribution in [2.24, 2.45) is 98.3 Å². The van der Waals surface area contributed by atoms with Gasteiger partial charge >= 0.3 is 5.97 Å². The number of phenols is 1. The number of ketones is 2. The first-order chi connectivity index (χ1) is 40.6. The molecule has 1 aromatic heterocycles. The zero-order valence-electron chi connectivity index (χ0n) is 49.7. The van der Waals surface area contributed by atoms with E-state index in [9.17, 15) is 50.4 Å². The largest absolute Gasteiger partial charge is 0.508 e. The molecule has 23 atom stereocenters. The lowest BCUT2D eigenvalue weighted by Gasteiger charge is -2.63. The highest BCUT2D eigenvalue weighted by molar-refractivity contribution is 8.76. The fourth-order valence-electron chi connectivity index (χ4n) is 19.4. The first-order valence-electron chi connectivity index (χ1n) is 31.5. The van der Waals surface area contributed by atoms with Gasteiger partial charge in [-0.2, -0.15) is 0 Å². The van der Waals surface area contributed by atoms with Crippen LogP contribution in [0.4, 0.5) is 0 Å². The van der Waals surface area contributed by atoms with Crippen LogP contribution >= 0.6 is 21.6 Å². The Labute approximate surface area is 507 Å². The van der Waals surface area contributed by atoms with Crippen molar-refractivity contribution in [1.82, 2.24) is 10.3 Å². The van der Waals surface area contributed by atoms with Crippen molar-refractivity contribution in [3.05, 3.63) is 76.8 Å². The number of aromatic hydroxyl groups is 1. The van der Waals surface area contributed by atoms with Gasteiger partial charge < -0.3 is 67.4 Å². The molecule has 9 aliphatic rings. The third-order valence-corrected chi connectivity index (χ3v) is 25.9. The molecule has 1 aromatic carbocycles. The number of hydrogen-bond acceptors (Lipinski definition) is 16. The number of nitrogens with one attached hydrogen (secondary N) is 2. The molecule has 3 heterocycles. The quantitative estimate of drug-likeness (QED) is 0.0342. The van der Waals surface area contributed by atoms with Crippen LogP contribution in [0.3, 0.4) is 0 Å². The molecule has 0 spiro atoms. The van der Waals surface area contributed by atoms with E-state index in [1.807, 2.05) is 32.3 Å². The molecule has 0 unspecified atom stereocenters. The van der Waals surface area contributed by atoms with E-state index in [2.05, 4.69) is 40.1 Å². The van der Waals surface area contributed by atoms with Gasteiger partial charge in [-0.3, -0.25) is 19.4 Å². The number of Topliss-reactive ketones (excluding diaryl/α,β-unsaturated/α-hetero) is 2. The van der Waals surface area contributed by atoms with E-state index < -0.39 is 106 Å². The number of cyclic esters (lactones) is 1. The number of fused-ring (bicyclic) bond motifs is 10. The van der Waals surface area contributed by atoms with Gasteiger partial charge in [0.25, 0.3) is 0 Å². The Morgan fingerprint density at radius 3 is 2.40 bits per heavy atom. The molecule has 7 aliphatic carbocycles. The fraction of sp³-hybridized carbons (Fsp3) is 0.697. The number of allylic oxidation sites excluding steroid dienone is 3. The SMILES string of the molecule is CC[C@H]1OC(=O)[C@@H](c2cc[nH]c2)[C@@H]1[C@H]1C#CC[C@H]2C[C@@]3(O)C4=C5N[C@H](CO)C(=O)C[C@@H](c6ccc(O)cc6)CSSC[C@@H]6[C@@H](O)[C@@H](O)C[C@@](C)([C@@H]6C5=O)[C@H]4CC[C@]3(CCN=C(N)N)[C@H]2[C@@](C)(O)[C@H](O)C[C@@H](CO)[C@@H]2CC=C3CC[C@@H](C)C[C@@H]3[C@@H]2C1. The molecule has 2 aliphatic heterocycles. The summed E-state index contributed by atoms with van der Waals surface area (Å²) in [4.78, 5) is 53.0. The summed E-state index contributed by atoms with van der Waals surface area (Å²) < 4.78 is 6.29. The molecular weight excluding hydrogens is 1120 g/mol. The molecule has 2 aromatic rings. The number of H-pyrrole nitrogens is 1. The van der Waals surface area contributed by atoms with E-state index in [0.29, 0.717) is 42.9 Å². The molecule has 2 saturated heterocycles. The number of nitrogens with zero attached hydrogens (tertiary/aromatic N) is 1. The zero-order chi connectivity index (χ0) is 60.5. The summed E-state index contributed by atoms with van der Waals surface area (Å²) in [5, 5.41) is 103. The number of nitrogens with two attached hydrogens (primary N) is 2. The maximum Gasteiger partial charge on any atom is 0.314 e. The molecule has 464 valence electrons. The summed E-state index contributed by atoms with van der Waals surface area (Å²) in [5.41, 5.74) is 9.00. The Hall–Kier alpha value is -4.36. The lowest BCUT2D eigenvalue weighted by atomic mass is 9.43. The van der Waals surface area contributed by atoms with Gasteiger partial charge in [0.15, 0.2) is 17.5 Å². The van der Waals surface area contributed by atoms with Crippen LogP contribution in [0, 0.1) is 93.7 Å². The number of ether oxygens (including phenoxy) is 1. The number of aliphatic hydroxyl groups excluding tert-OH is 5. The summed E-state index contributed by atoms with van der Waals surface area (Å²) >= 11 is 0. The van der Waals surface area contributed by atoms with Gasteiger partial charge in [0.1, 0.15) is 17.9 Å². The highest BCUT2D eigenvalue weighted by Crippen LogP contribution is 2.73. The molecule has 19 heteroatoms. The molecule has 2 bridgehead atoms. The van der Waals surface area contributed by atoms with Crippen LogP contribution in [-0.2, 0) is 19.1 Å². The van der Waals surface area contributed by atoms with Gasteiger partial charge in [-0.1, -0.05) is 72.1 Å². The first-order valence-corrected chi connectivity index (χ1v) is 34.0. The Bertz CT molecular complexity index is 2960. The van der Waals surface area contributed by atoms with E-state index in [1.165, 1.54) is 27.2 Å². The van der Waals surface area contributed by atoms with Gasteiger partial charge in [0, 0.05) is 90.8 Å². The van der Waals surface area contributed by atoms with Crippen molar-refractivity contribution < 1.29 is 60.0 Å². The molecule has 11 rings (SSSR count). The summed E-state index contributed by atoms with van der Waals surface area (Å²) in [6.07, 6.45) is 7.22. The maximum atomic E-state index is 16.2. The molecule has 6 fully saturated rings. The number of hydrogen-bond donors (Lipinski definition) is 12. The van der Waals surface area contributed by atoms with Crippen molar-refractivity contribution in [2.75, 3.05) is 31.3 Å². The number of phenolic OH excluding ortho intramolecular Hbond substituents is 1. The lowest BCUT2D eigenvalue weighted by molar-refractivity contribution is -0.194. The van der Waals surface area contributed by atoms with Crippen LogP contribution in [0.2, 0.25) is 0 Å². The summed E-state index contributed by atoms with van der Waals surface area (Å²) in [6, 6.07) is 7.25. The average Bonchev–Trinajstić information content (AvgIpc) is 1.63. The van der Waals surface area contributed by atoms with E-state index in [0.717, 1.165) is 30.4 Å². The Balaban J connectivity index is 1.10. The molecular formula is C66H91N5O12S2. The van der Waals surface area contributed by atoms with Crippen LogP contribution in [0.5, 0.6) is 5.75 Å². The van der Waals surface area contributed by atoms with E-state index >= 15 is 4.79 Å². The lowest BCUT2D eigenvalue weighted by Crippen LogP contribution is -2.67. The maximum absolute atomic E-state index is 16.2. The van der Waals surface area contributed by atoms with Crippen molar-refractivity contribution in [2.45, 2.75) is 171 Å². The van der Waals surface area contributed by atoms with Crippen LogP contribution in [-0.4, -0.2) is 142 Å². The summed E-state index contributed by atoms with van der Waals surface area (Å²) in [5.74, 6) is 1.43. The predicted molar refractivity (Wildman–Crippen MR) is 326 cm³/mol. The van der Waals surface area contributed by atoms with Crippen molar-refractivity contribution in [1.29, 1.82) is 0 Å². The highest BCUT2D eigenvalue weighted by Gasteiger charge is 2.75. The minimum atomic E-state index is -2.02. The van der Waals surface area contributed by atoms with Crippen molar-refractivity contribution in [3.8, 4) is 17.6 Å². The zero-order valence-corrected chi connectivity index (χ0v) is 51.3. The number of benzene rings is 1. The predicted octanol–water partition coefficient (Wildman–Crippen LogP) is 5.99. The number of guanidine groups is 1. The van der Waals surface area contributed by atoms with Crippen LogP contribution < -0.4 is 16.8 Å². The van der Waals surface area contributed by atoms with E-state index in [1.54, 1.807) is 31.2 Å². The second-order valence-electron chi connectivity index (χ2n) is 27.8. The van der Waals surface area contributed by atoms with E-state index in [4.69, 9.17) is 16.2 Å². The number of rotatable bonds is 9. The summed E-state index contributed by atoms with van der Waals surface area (Å²) in [6.45, 7) is 6.96. The van der Waals surface area contributed by atoms with Gasteiger partial charge in [-0.25, -0.2) is 0 Å². The summed E-state index contributed by atoms with van der Waals surface area (Å²) in [7, 11) is 2.96. The Morgan fingerprint density at radius 1 is 0.929 bits per heavy atom. The average molecular weight is 1210 g/mol. The Morgan fingerprint density at radius 2 is 1.69 bits per heavy atom. The standard InChI is InChI=1S/C66H91N5O12S2/c1-5-51-53(54(61(80)83-51)39-18-21-69-29-39)37-7-6-8-38-27-66(82)56-47(63(3)28-50(76)58(78)46-33-85-84-32-41(35-11-14-42(74)15-12-35)25-49(75)48(31-73)71-57(56)59(79)55(46)63)17-19-65(66,20-22-70-62(67)68)60(38)64(4,81)52(77)26-40(30-72)43-16-13-36-10-9-34(2)23-44(36)45(43)24-37/h11-15,18,21,29,34,37-38,40-41,43-48,50-55,58,60,69,71-74,76-78,81-82H,5,8-10,16-17,19-20,22-28,30-33H2,1-4H3,(H4,67,68,70)/t34-,37+,38+,40+,41-,43+,44+,45-,46+,47+,48-,50+,51-,52-,53-,54+,55+,58-,60-,63-,64+,65+,66-/m1/s1. The fourth-order valence-corrected chi connectivity index (χ4v) is 22.2. The number of aromatic nitrogens is 1. The number of aliphatic hydroxyl groups is 7.